The number of ether oxygens (including phenoxy) is 1. The SMILES string of the molecule is COc1cccc(C2(NC(=O)[C@@H]3C=C[C@@H]3C(=O)O)CCCCC2)c1. The molecule has 0 unspecified atom stereocenters. The molecule has 0 spiro atoms. The van der Waals surface area contributed by atoms with E-state index < -0.39 is 23.3 Å². The minimum atomic E-state index is -0.947. The summed E-state index contributed by atoms with van der Waals surface area (Å²) >= 11 is 0. The molecular formula is C19H23NO4. The van der Waals surface area contributed by atoms with Crippen LogP contribution >= 0.6 is 0 Å². The Bertz CT molecular complexity index is 661. The zero-order chi connectivity index (χ0) is 17.2. The van der Waals surface area contributed by atoms with Crippen LogP contribution in [0.3, 0.4) is 0 Å². The zero-order valence-electron chi connectivity index (χ0n) is 13.8. The van der Waals surface area contributed by atoms with Gasteiger partial charge < -0.3 is 15.2 Å². The molecular weight excluding hydrogens is 306 g/mol. The van der Waals surface area contributed by atoms with E-state index in [1.54, 1.807) is 19.3 Å². The molecule has 5 heteroatoms. The molecule has 0 aliphatic heterocycles. The van der Waals surface area contributed by atoms with Gasteiger partial charge in [0.05, 0.1) is 24.5 Å². The molecule has 1 fully saturated rings. The molecule has 128 valence electrons. The first-order valence-corrected chi connectivity index (χ1v) is 8.43. The van der Waals surface area contributed by atoms with E-state index >= 15 is 0 Å². The van der Waals surface area contributed by atoms with E-state index in [1.807, 2.05) is 24.3 Å². The summed E-state index contributed by atoms with van der Waals surface area (Å²) in [5, 5.41) is 12.3. The zero-order valence-corrected chi connectivity index (χ0v) is 13.8. The van der Waals surface area contributed by atoms with Gasteiger partial charge in [-0.1, -0.05) is 43.5 Å². The van der Waals surface area contributed by atoms with Gasteiger partial charge in [0.1, 0.15) is 5.75 Å². The van der Waals surface area contributed by atoms with Crippen molar-refractivity contribution >= 4 is 11.9 Å². The number of carbonyl (C=O) groups is 2. The van der Waals surface area contributed by atoms with Crippen LogP contribution in [-0.4, -0.2) is 24.1 Å². The van der Waals surface area contributed by atoms with Crippen LogP contribution in [0.25, 0.3) is 0 Å². The molecule has 24 heavy (non-hydrogen) atoms. The number of hydrogen-bond donors (Lipinski definition) is 2. The summed E-state index contributed by atoms with van der Waals surface area (Å²) in [6, 6.07) is 7.80. The smallest absolute Gasteiger partial charge is 0.311 e. The Hall–Kier alpha value is -2.30. The molecule has 2 aliphatic carbocycles. The third kappa shape index (κ3) is 3.03. The third-order valence-electron chi connectivity index (χ3n) is 5.19. The molecule has 2 N–H and O–H groups in total. The molecule has 0 bridgehead atoms. The maximum absolute atomic E-state index is 12.7. The molecule has 0 saturated heterocycles. The Balaban J connectivity index is 1.85. The van der Waals surface area contributed by atoms with E-state index in [9.17, 15) is 9.59 Å². The van der Waals surface area contributed by atoms with Crippen LogP contribution < -0.4 is 10.1 Å². The number of rotatable bonds is 5. The lowest BCUT2D eigenvalue weighted by molar-refractivity contribution is -0.145. The van der Waals surface area contributed by atoms with Crippen LogP contribution in [0.2, 0.25) is 0 Å². The second kappa shape index (κ2) is 6.67. The average molecular weight is 329 g/mol. The topological polar surface area (TPSA) is 75.6 Å². The van der Waals surface area contributed by atoms with Crippen molar-refractivity contribution in [3.05, 3.63) is 42.0 Å². The van der Waals surface area contributed by atoms with Crippen molar-refractivity contribution in [1.29, 1.82) is 0 Å². The molecule has 1 saturated carbocycles. The highest BCUT2D eigenvalue weighted by atomic mass is 16.5. The van der Waals surface area contributed by atoms with E-state index in [2.05, 4.69) is 5.32 Å². The number of aliphatic carboxylic acids is 1. The highest BCUT2D eigenvalue weighted by Crippen LogP contribution is 2.39. The second-order valence-corrected chi connectivity index (χ2v) is 6.64. The monoisotopic (exact) mass is 329 g/mol. The van der Waals surface area contributed by atoms with Crippen molar-refractivity contribution in [3.8, 4) is 5.75 Å². The fraction of sp³-hybridized carbons (Fsp3) is 0.474. The van der Waals surface area contributed by atoms with Gasteiger partial charge in [0, 0.05) is 0 Å². The van der Waals surface area contributed by atoms with Gasteiger partial charge >= 0.3 is 5.97 Å². The lowest BCUT2D eigenvalue weighted by Gasteiger charge is -2.40. The summed E-state index contributed by atoms with van der Waals surface area (Å²) in [4.78, 5) is 23.9. The molecule has 0 heterocycles. The highest BCUT2D eigenvalue weighted by Gasteiger charge is 2.41. The first-order chi connectivity index (χ1) is 11.6. The van der Waals surface area contributed by atoms with Crippen molar-refractivity contribution in [3.63, 3.8) is 0 Å². The van der Waals surface area contributed by atoms with Crippen LogP contribution in [0.1, 0.15) is 37.7 Å². The van der Waals surface area contributed by atoms with E-state index in [1.165, 1.54) is 0 Å². The summed E-state index contributed by atoms with van der Waals surface area (Å²) in [7, 11) is 1.63. The number of nitrogens with one attached hydrogen (secondary N) is 1. The predicted molar refractivity (Wildman–Crippen MR) is 89.7 cm³/mol. The van der Waals surface area contributed by atoms with Crippen molar-refractivity contribution in [1.82, 2.24) is 5.32 Å². The molecule has 1 aromatic carbocycles. The van der Waals surface area contributed by atoms with E-state index in [0.29, 0.717) is 0 Å². The van der Waals surface area contributed by atoms with E-state index in [-0.39, 0.29) is 5.91 Å². The third-order valence-corrected chi connectivity index (χ3v) is 5.19. The van der Waals surface area contributed by atoms with Gasteiger partial charge in [-0.25, -0.2) is 0 Å². The number of carboxylic acids is 1. The standard InChI is InChI=1S/C19H23NO4/c1-24-14-7-5-6-13(12-14)19(10-3-2-4-11-19)20-17(21)15-8-9-16(15)18(22)23/h5-9,12,15-16H,2-4,10-11H2,1H3,(H,20,21)(H,22,23)/t15-,16+/m1/s1. The molecule has 1 amide bonds. The Morgan fingerprint density at radius 3 is 2.46 bits per heavy atom. The van der Waals surface area contributed by atoms with Crippen molar-refractivity contribution < 1.29 is 19.4 Å². The van der Waals surface area contributed by atoms with Crippen LogP contribution in [0, 0.1) is 11.8 Å². The van der Waals surface area contributed by atoms with E-state index in [0.717, 1.165) is 43.4 Å². The van der Waals surface area contributed by atoms with Crippen LogP contribution in [0.4, 0.5) is 0 Å². The Morgan fingerprint density at radius 2 is 1.88 bits per heavy atom. The molecule has 3 rings (SSSR count). The number of methoxy groups -OCH3 is 1. The Kier molecular flexibility index (Phi) is 4.60. The van der Waals surface area contributed by atoms with Gasteiger partial charge in [0.25, 0.3) is 0 Å². The highest BCUT2D eigenvalue weighted by molar-refractivity contribution is 5.90. The van der Waals surface area contributed by atoms with Crippen LogP contribution in [0.15, 0.2) is 36.4 Å². The quantitative estimate of drug-likeness (QED) is 0.815. The van der Waals surface area contributed by atoms with Crippen LogP contribution in [0.5, 0.6) is 5.75 Å². The molecule has 2 aliphatic rings. The fourth-order valence-electron chi connectivity index (χ4n) is 3.70. The number of amides is 1. The summed E-state index contributed by atoms with van der Waals surface area (Å²) in [5.41, 5.74) is 0.598. The fourth-order valence-corrected chi connectivity index (χ4v) is 3.70. The molecule has 0 aromatic heterocycles. The van der Waals surface area contributed by atoms with Gasteiger partial charge in [-0.05, 0) is 30.5 Å². The number of carbonyl (C=O) groups excluding carboxylic acids is 1. The minimum Gasteiger partial charge on any atom is -0.497 e. The van der Waals surface area contributed by atoms with Gasteiger partial charge in [-0.3, -0.25) is 9.59 Å². The number of hydrogen-bond acceptors (Lipinski definition) is 3. The van der Waals surface area contributed by atoms with E-state index in [4.69, 9.17) is 9.84 Å². The molecule has 1 aromatic rings. The van der Waals surface area contributed by atoms with Gasteiger partial charge in [0.15, 0.2) is 0 Å². The van der Waals surface area contributed by atoms with Crippen LogP contribution in [-0.2, 0) is 15.1 Å². The van der Waals surface area contributed by atoms with Gasteiger partial charge in [-0.2, -0.15) is 0 Å². The lowest BCUT2D eigenvalue weighted by atomic mass is 9.75. The Labute approximate surface area is 141 Å². The predicted octanol–water partition coefficient (Wildman–Crippen LogP) is 2.86. The van der Waals surface area contributed by atoms with Crippen molar-refractivity contribution in [2.24, 2.45) is 11.8 Å². The summed E-state index contributed by atoms with van der Waals surface area (Å²) < 4.78 is 5.32. The lowest BCUT2D eigenvalue weighted by Crippen LogP contribution is -2.51. The van der Waals surface area contributed by atoms with Crippen molar-refractivity contribution in [2.75, 3.05) is 7.11 Å². The van der Waals surface area contributed by atoms with Gasteiger partial charge in [-0.15, -0.1) is 0 Å². The van der Waals surface area contributed by atoms with Gasteiger partial charge in [0.2, 0.25) is 5.91 Å². The number of carboxylic acid groups (broad SMARTS) is 1. The maximum Gasteiger partial charge on any atom is 0.311 e. The molecule has 2 atom stereocenters. The summed E-state index contributed by atoms with van der Waals surface area (Å²) in [6.45, 7) is 0. The molecule has 5 nitrogen and oxygen atoms in total. The average Bonchev–Trinajstić information content (AvgIpc) is 2.54. The van der Waals surface area contributed by atoms with Crippen molar-refractivity contribution in [2.45, 2.75) is 37.6 Å². The second-order valence-electron chi connectivity index (χ2n) is 6.64. The Morgan fingerprint density at radius 1 is 1.17 bits per heavy atom. The first-order valence-electron chi connectivity index (χ1n) is 8.43. The minimum absolute atomic E-state index is 0.199. The normalized spacial score (nSPS) is 24.7. The largest absolute Gasteiger partial charge is 0.497 e. The first kappa shape index (κ1) is 16.6. The summed E-state index contributed by atoms with van der Waals surface area (Å²) in [5.74, 6) is -1.67. The summed E-state index contributed by atoms with van der Waals surface area (Å²) in [6.07, 6.45) is 8.21. The number of benzene rings is 1. The maximum atomic E-state index is 12.7. The molecule has 0 radical (unpaired) electrons.